The first-order chi connectivity index (χ1) is 15.1. The standard InChI is InChI=1S/C24H31N5O2S/c1-24(2,3)22-26-20-11-10-19(16-21(20)28(22)17-18-8-6-5-7-9-18)25-23(30)32-27-12-14-29(4,31)15-13-27/h5-11,16H,12-15,17H2,1-4H3,(H,25,30). The number of fused-ring (bicyclic) bond motifs is 1. The maximum atomic E-state index is 12.6. The maximum absolute atomic E-state index is 12.6. The van der Waals surface area contributed by atoms with E-state index in [1.807, 2.05) is 40.7 Å². The summed E-state index contributed by atoms with van der Waals surface area (Å²) in [6.45, 7) is 9.43. The molecular weight excluding hydrogens is 422 g/mol. The molecule has 1 aliphatic heterocycles. The van der Waals surface area contributed by atoms with E-state index < -0.39 is 0 Å². The Morgan fingerprint density at radius 3 is 2.50 bits per heavy atom. The molecule has 0 spiro atoms. The number of piperazine rings is 1. The van der Waals surface area contributed by atoms with Gasteiger partial charge in [-0.15, -0.1) is 0 Å². The fourth-order valence-corrected chi connectivity index (χ4v) is 4.66. The smallest absolute Gasteiger partial charge is 0.298 e. The van der Waals surface area contributed by atoms with E-state index in [1.165, 1.54) is 5.56 Å². The lowest BCUT2D eigenvalue weighted by molar-refractivity contribution is -0.864. The molecule has 1 aliphatic rings. The predicted octanol–water partition coefficient (Wildman–Crippen LogP) is 4.82. The summed E-state index contributed by atoms with van der Waals surface area (Å²) in [6, 6.07) is 16.2. The highest BCUT2D eigenvalue weighted by atomic mass is 32.2. The average Bonchev–Trinajstić information content (AvgIpc) is 3.09. The van der Waals surface area contributed by atoms with Crippen LogP contribution >= 0.6 is 11.9 Å². The molecule has 0 radical (unpaired) electrons. The third kappa shape index (κ3) is 5.32. The number of nitrogens with zero attached hydrogens (tertiary/aromatic N) is 4. The van der Waals surface area contributed by atoms with Crippen molar-refractivity contribution in [2.24, 2.45) is 0 Å². The number of carbonyl (C=O) groups is 1. The number of benzene rings is 2. The third-order valence-electron chi connectivity index (χ3n) is 5.71. The van der Waals surface area contributed by atoms with Crippen molar-refractivity contribution >= 4 is 33.9 Å². The van der Waals surface area contributed by atoms with Crippen LogP contribution in [0.3, 0.4) is 0 Å². The van der Waals surface area contributed by atoms with Crippen molar-refractivity contribution in [1.29, 1.82) is 0 Å². The van der Waals surface area contributed by atoms with Crippen molar-refractivity contribution in [2.75, 3.05) is 38.5 Å². The molecule has 3 aromatic rings. The summed E-state index contributed by atoms with van der Waals surface area (Å²) < 4.78 is 3.96. The second kappa shape index (κ2) is 8.86. The van der Waals surface area contributed by atoms with Gasteiger partial charge in [0.05, 0.1) is 44.3 Å². The molecule has 8 heteroatoms. The Morgan fingerprint density at radius 2 is 1.84 bits per heavy atom. The number of hydrogen-bond acceptors (Lipinski definition) is 5. The topological polar surface area (TPSA) is 73.2 Å². The van der Waals surface area contributed by atoms with Gasteiger partial charge in [-0.2, -0.15) is 0 Å². The van der Waals surface area contributed by atoms with Crippen LogP contribution < -0.4 is 5.32 Å². The number of hydrogen-bond donors (Lipinski definition) is 1. The zero-order valence-electron chi connectivity index (χ0n) is 19.2. The molecular formula is C24H31N5O2S. The van der Waals surface area contributed by atoms with Gasteiger partial charge < -0.3 is 19.7 Å². The number of quaternary nitrogens is 1. The summed E-state index contributed by atoms with van der Waals surface area (Å²) in [4.78, 5) is 17.5. The molecule has 1 amide bonds. The molecule has 4 rings (SSSR count). The van der Waals surface area contributed by atoms with Crippen LogP contribution in [-0.4, -0.2) is 57.0 Å². The molecule has 2 aromatic carbocycles. The van der Waals surface area contributed by atoms with Crippen molar-refractivity contribution in [3.8, 4) is 0 Å². The molecule has 1 aromatic heterocycles. The highest BCUT2D eigenvalue weighted by molar-refractivity contribution is 8.11. The number of carbonyl (C=O) groups excluding carboxylic acids is 1. The number of aromatic nitrogens is 2. The molecule has 0 bridgehead atoms. The molecule has 7 nitrogen and oxygen atoms in total. The summed E-state index contributed by atoms with van der Waals surface area (Å²) in [6.07, 6.45) is 0. The van der Waals surface area contributed by atoms with Gasteiger partial charge in [-0.3, -0.25) is 4.79 Å². The Balaban J connectivity index is 1.56. The number of hydroxylamine groups is 3. The van der Waals surface area contributed by atoms with Crippen LogP contribution in [0.2, 0.25) is 0 Å². The van der Waals surface area contributed by atoms with E-state index in [0.29, 0.717) is 26.2 Å². The Morgan fingerprint density at radius 1 is 1.16 bits per heavy atom. The van der Waals surface area contributed by atoms with E-state index in [0.717, 1.165) is 41.0 Å². The molecule has 0 aliphatic carbocycles. The van der Waals surface area contributed by atoms with E-state index >= 15 is 0 Å². The van der Waals surface area contributed by atoms with Gasteiger partial charge in [0.1, 0.15) is 5.82 Å². The Kier molecular flexibility index (Phi) is 6.31. The quantitative estimate of drug-likeness (QED) is 0.348. The van der Waals surface area contributed by atoms with Crippen LogP contribution in [0.15, 0.2) is 48.5 Å². The number of nitrogens with one attached hydrogen (secondary N) is 1. The lowest BCUT2D eigenvalue weighted by Crippen LogP contribution is -2.52. The third-order valence-corrected chi connectivity index (χ3v) is 6.60. The number of amides is 1. The molecule has 32 heavy (non-hydrogen) atoms. The van der Waals surface area contributed by atoms with Crippen LogP contribution in [-0.2, 0) is 12.0 Å². The van der Waals surface area contributed by atoms with Gasteiger partial charge in [0.25, 0.3) is 5.24 Å². The van der Waals surface area contributed by atoms with Crippen molar-refractivity contribution < 1.29 is 9.44 Å². The van der Waals surface area contributed by atoms with Crippen LogP contribution in [0.25, 0.3) is 11.0 Å². The van der Waals surface area contributed by atoms with E-state index in [-0.39, 0.29) is 15.3 Å². The second-order valence-corrected chi connectivity index (χ2v) is 10.7. The number of rotatable bonds is 4. The Hall–Kier alpha value is -2.39. The van der Waals surface area contributed by atoms with E-state index in [4.69, 9.17) is 4.98 Å². The largest absolute Gasteiger partial charge is 0.633 e. The summed E-state index contributed by atoms with van der Waals surface area (Å²) in [5.41, 5.74) is 3.75. The SMILES string of the molecule is CC(C)(C)c1nc2ccc(NC(=O)SN3CC[N+](C)([O-])CC3)cc2n1Cc1ccccc1. The lowest BCUT2D eigenvalue weighted by atomic mass is 9.95. The summed E-state index contributed by atoms with van der Waals surface area (Å²) >= 11 is 1.15. The van der Waals surface area contributed by atoms with E-state index in [1.54, 1.807) is 7.05 Å². The lowest BCUT2D eigenvalue weighted by Gasteiger charge is -2.44. The zero-order valence-corrected chi connectivity index (χ0v) is 20.0. The summed E-state index contributed by atoms with van der Waals surface area (Å²) in [5, 5.41) is 14.9. The van der Waals surface area contributed by atoms with Crippen molar-refractivity contribution in [1.82, 2.24) is 13.9 Å². The Labute approximate surface area is 193 Å². The second-order valence-electron chi connectivity index (χ2n) is 9.64. The monoisotopic (exact) mass is 453 g/mol. The summed E-state index contributed by atoms with van der Waals surface area (Å²) in [5.74, 6) is 1.02. The minimum Gasteiger partial charge on any atom is -0.633 e. The zero-order chi connectivity index (χ0) is 22.9. The van der Waals surface area contributed by atoms with Crippen molar-refractivity contribution in [3.05, 3.63) is 65.1 Å². The number of likely N-dealkylation sites (N-methyl/N-ethyl adjacent to an activating group) is 1. The highest BCUT2D eigenvalue weighted by Crippen LogP contribution is 2.29. The highest BCUT2D eigenvalue weighted by Gasteiger charge is 2.25. The maximum Gasteiger partial charge on any atom is 0.298 e. The van der Waals surface area contributed by atoms with Gasteiger partial charge in [-0.05, 0) is 23.8 Å². The van der Waals surface area contributed by atoms with Crippen LogP contribution in [0.1, 0.15) is 32.2 Å². The first-order valence-corrected chi connectivity index (χ1v) is 11.7. The predicted molar refractivity (Wildman–Crippen MR) is 131 cm³/mol. The molecule has 0 saturated carbocycles. The van der Waals surface area contributed by atoms with Gasteiger partial charge in [-0.1, -0.05) is 51.1 Å². The molecule has 170 valence electrons. The molecule has 0 atom stereocenters. The van der Waals surface area contributed by atoms with Crippen molar-refractivity contribution in [2.45, 2.75) is 32.7 Å². The fourth-order valence-electron chi connectivity index (χ4n) is 3.92. The molecule has 1 saturated heterocycles. The average molecular weight is 454 g/mol. The first kappa shape index (κ1) is 22.8. The van der Waals surface area contributed by atoms with Crippen molar-refractivity contribution in [3.63, 3.8) is 0 Å². The minimum absolute atomic E-state index is 0.115. The van der Waals surface area contributed by atoms with Gasteiger partial charge in [0.2, 0.25) is 0 Å². The van der Waals surface area contributed by atoms with Gasteiger partial charge in [0, 0.05) is 29.6 Å². The molecule has 1 fully saturated rings. The summed E-state index contributed by atoms with van der Waals surface area (Å²) in [7, 11) is 1.68. The number of anilines is 1. The van der Waals surface area contributed by atoms with Crippen LogP contribution in [0.5, 0.6) is 0 Å². The normalized spacial score (nSPS) is 16.9. The minimum atomic E-state index is -0.239. The van der Waals surface area contributed by atoms with Gasteiger partial charge in [-0.25, -0.2) is 9.29 Å². The van der Waals surface area contributed by atoms with Crippen LogP contribution in [0, 0.1) is 5.21 Å². The van der Waals surface area contributed by atoms with Gasteiger partial charge in [0.15, 0.2) is 0 Å². The van der Waals surface area contributed by atoms with Gasteiger partial charge >= 0.3 is 0 Å². The van der Waals surface area contributed by atoms with E-state index in [9.17, 15) is 10.0 Å². The fraction of sp³-hybridized carbons (Fsp3) is 0.417. The molecule has 0 unspecified atom stereocenters. The van der Waals surface area contributed by atoms with E-state index in [2.05, 4.69) is 42.8 Å². The number of imidazole rings is 1. The first-order valence-electron chi connectivity index (χ1n) is 10.9. The Bertz CT molecular complexity index is 1090. The molecule has 1 N–H and O–H groups in total. The molecule has 2 heterocycles. The van der Waals surface area contributed by atoms with Crippen LogP contribution in [0.4, 0.5) is 10.5 Å².